The average molecular weight is 202 g/mol. The Balaban J connectivity index is 3.20. The molecule has 4 nitrogen and oxygen atoms in total. The van der Waals surface area contributed by atoms with E-state index >= 15 is 0 Å². The van der Waals surface area contributed by atoms with Gasteiger partial charge in [0, 0.05) is 0 Å². The van der Waals surface area contributed by atoms with Gasteiger partial charge in [0.2, 0.25) is 0 Å². The van der Waals surface area contributed by atoms with Crippen LogP contribution in [0, 0.1) is 0 Å². The second-order valence-electron chi connectivity index (χ2n) is 2.39. The number of benzene rings is 1. The molecule has 0 saturated carbocycles. The summed E-state index contributed by atoms with van der Waals surface area (Å²) in [6.07, 6.45) is 0. The third-order valence-electron chi connectivity index (χ3n) is 1.50. The number of phenols is 1. The first-order chi connectivity index (χ1) is 6.06. The number of anilines is 1. The van der Waals surface area contributed by atoms with E-state index in [0.717, 1.165) is 0 Å². The van der Waals surface area contributed by atoms with Crippen molar-refractivity contribution in [3.8, 4) is 5.75 Å². The molecule has 3 N–H and O–H groups in total. The Bertz CT molecular complexity index is 328. The molecule has 0 aliphatic carbocycles. The Morgan fingerprint density at radius 2 is 2.23 bits per heavy atom. The molecular weight excluding hydrogens is 194 g/mol. The van der Waals surface area contributed by atoms with E-state index < -0.39 is 5.97 Å². The molecule has 0 saturated heterocycles. The zero-order chi connectivity index (χ0) is 10.0. The van der Waals surface area contributed by atoms with Gasteiger partial charge in [0.25, 0.3) is 0 Å². The number of nitrogens with two attached hydrogens (primary N) is 1. The molecule has 0 spiro atoms. The van der Waals surface area contributed by atoms with Gasteiger partial charge in [-0.15, -0.1) is 0 Å². The second kappa shape index (κ2) is 3.53. The van der Waals surface area contributed by atoms with E-state index in [-0.39, 0.29) is 22.0 Å². The van der Waals surface area contributed by atoms with Crippen LogP contribution in [0.2, 0.25) is 5.02 Å². The smallest absolute Gasteiger partial charge is 0.338 e. The lowest BCUT2D eigenvalue weighted by Crippen LogP contribution is -2.02. The summed E-state index contributed by atoms with van der Waals surface area (Å²) in [5.41, 5.74) is 5.72. The number of hydrogen-bond donors (Lipinski definition) is 2. The van der Waals surface area contributed by atoms with E-state index in [1.807, 2.05) is 0 Å². The number of methoxy groups -OCH3 is 1. The lowest BCUT2D eigenvalue weighted by Gasteiger charge is -2.04. The third-order valence-corrected chi connectivity index (χ3v) is 1.91. The monoisotopic (exact) mass is 201 g/mol. The molecule has 0 atom stereocenters. The molecule has 0 fully saturated rings. The first-order valence-electron chi connectivity index (χ1n) is 3.42. The summed E-state index contributed by atoms with van der Waals surface area (Å²) in [6, 6.07) is 2.54. The first-order valence-corrected chi connectivity index (χ1v) is 3.80. The van der Waals surface area contributed by atoms with Crippen molar-refractivity contribution in [2.24, 2.45) is 0 Å². The zero-order valence-electron chi connectivity index (χ0n) is 6.87. The third kappa shape index (κ3) is 1.84. The highest BCUT2D eigenvalue weighted by Gasteiger charge is 2.11. The van der Waals surface area contributed by atoms with Crippen molar-refractivity contribution in [3.63, 3.8) is 0 Å². The molecule has 70 valence electrons. The molecular formula is C8H8ClNO3. The molecule has 13 heavy (non-hydrogen) atoms. The van der Waals surface area contributed by atoms with Crippen LogP contribution >= 0.6 is 11.6 Å². The number of phenolic OH excluding ortho intramolecular Hbond substituents is 1. The second-order valence-corrected chi connectivity index (χ2v) is 2.77. The molecule has 5 heteroatoms. The van der Waals surface area contributed by atoms with Crippen LogP contribution in [0.1, 0.15) is 10.4 Å². The van der Waals surface area contributed by atoms with Crippen LogP contribution in [0.4, 0.5) is 5.69 Å². The summed E-state index contributed by atoms with van der Waals surface area (Å²) >= 11 is 5.57. The van der Waals surface area contributed by atoms with Gasteiger partial charge in [0.15, 0.2) is 0 Å². The summed E-state index contributed by atoms with van der Waals surface area (Å²) in [7, 11) is 1.24. The van der Waals surface area contributed by atoms with Crippen LogP contribution in [-0.2, 0) is 4.74 Å². The Kier molecular flexibility index (Phi) is 2.63. The topological polar surface area (TPSA) is 72.5 Å². The van der Waals surface area contributed by atoms with Crippen molar-refractivity contribution in [2.45, 2.75) is 0 Å². The number of ether oxygens (including phenoxy) is 1. The van der Waals surface area contributed by atoms with E-state index in [2.05, 4.69) is 4.74 Å². The Hall–Kier alpha value is -1.42. The van der Waals surface area contributed by atoms with Gasteiger partial charge in [-0.1, -0.05) is 11.6 Å². The van der Waals surface area contributed by atoms with Crippen molar-refractivity contribution in [1.82, 2.24) is 0 Å². The van der Waals surface area contributed by atoms with Gasteiger partial charge >= 0.3 is 5.97 Å². The molecule has 0 radical (unpaired) electrons. The van der Waals surface area contributed by atoms with Crippen molar-refractivity contribution in [1.29, 1.82) is 0 Å². The fraction of sp³-hybridized carbons (Fsp3) is 0.125. The van der Waals surface area contributed by atoms with Crippen molar-refractivity contribution in [2.75, 3.05) is 12.8 Å². The summed E-state index contributed by atoms with van der Waals surface area (Å²) in [4.78, 5) is 11.0. The van der Waals surface area contributed by atoms with Crippen LogP contribution in [0.15, 0.2) is 12.1 Å². The fourth-order valence-electron chi connectivity index (χ4n) is 0.867. The summed E-state index contributed by atoms with van der Waals surface area (Å²) in [6.45, 7) is 0. The van der Waals surface area contributed by atoms with E-state index in [9.17, 15) is 9.90 Å². The van der Waals surface area contributed by atoms with E-state index in [1.54, 1.807) is 0 Å². The van der Waals surface area contributed by atoms with E-state index in [0.29, 0.717) is 0 Å². The summed E-state index contributed by atoms with van der Waals surface area (Å²) < 4.78 is 4.44. The van der Waals surface area contributed by atoms with Gasteiger partial charge in [-0.2, -0.15) is 0 Å². The maximum absolute atomic E-state index is 11.0. The van der Waals surface area contributed by atoms with Gasteiger partial charge in [-0.25, -0.2) is 4.79 Å². The Morgan fingerprint density at radius 1 is 1.62 bits per heavy atom. The van der Waals surface area contributed by atoms with Crippen LogP contribution in [0.3, 0.4) is 0 Å². The van der Waals surface area contributed by atoms with E-state index in [1.165, 1.54) is 19.2 Å². The minimum absolute atomic E-state index is 0.0349. The van der Waals surface area contributed by atoms with Crippen molar-refractivity contribution < 1.29 is 14.6 Å². The van der Waals surface area contributed by atoms with Gasteiger partial charge in [-0.3, -0.25) is 0 Å². The number of carbonyl (C=O) groups excluding carboxylic acids is 1. The quantitative estimate of drug-likeness (QED) is 0.532. The minimum Gasteiger partial charge on any atom is -0.506 e. The molecule has 1 aromatic carbocycles. The predicted octanol–water partition coefficient (Wildman–Crippen LogP) is 1.41. The Labute approximate surface area is 79.9 Å². The number of hydrogen-bond acceptors (Lipinski definition) is 4. The lowest BCUT2D eigenvalue weighted by molar-refractivity contribution is 0.0600. The molecule has 0 heterocycles. The lowest BCUT2D eigenvalue weighted by atomic mass is 10.2. The summed E-state index contributed by atoms with van der Waals surface area (Å²) in [5, 5.41) is 9.24. The molecule has 1 rings (SSSR count). The SMILES string of the molecule is COC(=O)c1cc(N)c(Cl)c(O)c1. The highest BCUT2D eigenvalue weighted by molar-refractivity contribution is 6.34. The zero-order valence-corrected chi connectivity index (χ0v) is 7.63. The molecule has 0 bridgehead atoms. The molecule has 0 aliphatic rings. The highest BCUT2D eigenvalue weighted by Crippen LogP contribution is 2.30. The summed E-state index contributed by atoms with van der Waals surface area (Å²) in [5.74, 6) is -0.805. The van der Waals surface area contributed by atoms with Crippen molar-refractivity contribution in [3.05, 3.63) is 22.7 Å². The van der Waals surface area contributed by atoms with Crippen LogP contribution < -0.4 is 5.73 Å². The van der Waals surface area contributed by atoms with Crippen LogP contribution in [0.5, 0.6) is 5.75 Å². The molecule has 0 amide bonds. The molecule has 0 aliphatic heterocycles. The van der Waals surface area contributed by atoms with Gasteiger partial charge in [-0.05, 0) is 12.1 Å². The largest absolute Gasteiger partial charge is 0.506 e. The minimum atomic E-state index is -0.571. The van der Waals surface area contributed by atoms with Gasteiger partial charge in [0.1, 0.15) is 10.8 Å². The number of halogens is 1. The average Bonchev–Trinajstić information content (AvgIpc) is 2.12. The maximum atomic E-state index is 11.0. The number of carbonyl (C=O) groups is 1. The van der Waals surface area contributed by atoms with E-state index in [4.69, 9.17) is 17.3 Å². The van der Waals surface area contributed by atoms with Crippen LogP contribution in [0.25, 0.3) is 0 Å². The predicted molar refractivity (Wildman–Crippen MR) is 48.9 cm³/mol. The highest BCUT2D eigenvalue weighted by atomic mass is 35.5. The molecule has 1 aromatic rings. The number of rotatable bonds is 1. The standard InChI is InChI=1S/C8H8ClNO3/c1-13-8(12)4-2-5(10)7(9)6(11)3-4/h2-3,11H,10H2,1H3. The van der Waals surface area contributed by atoms with Gasteiger partial charge < -0.3 is 15.6 Å². The van der Waals surface area contributed by atoms with Crippen LogP contribution in [-0.4, -0.2) is 18.2 Å². The number of aromatic hydroxyl groups is 1. The fourth-order valence-corrected chi connectivity index (χ4v) is 0.976. The molecule has 0 unspecified atom stereocenters. The first kappa shape index (κ1) is 9.67. The van der Waals surface area contributed by atoms with Gasteiger partial charge in [0.05, 0.1) is 18.4 Å². The van der Waals surface area contributed by atoms with Crippen molar-refractivity contribution >= 4 is 23.3 Å². The normalized spacial score (nSPS) is 9.69. The molecule has 0 aromatic heterocycles. The maximum Gasteiger partial charge on any atom is 0.338 e. The Morgan fingerprint density at radius 3 is 2.69 bits per heavy atom. The number of nitrogen functional groups attached to an aromatic ring is 1. The number of esters is 1.